The van der Waals surface area contributed by atoms with Crippen molar-refractivity contribution in [2.24, 2.45) is 0 Å². The minimum Gasteiger partial charge on any atom is -0.338 e. The molecule has 5 nitrogen and oxygen atoms in total. The summed E-state index contributed by atoms with van der Waals surface area (Å²) in [7, 11) is 0. The fourth-order valence-electron chi connectivity index (χ4n) is 5.26. The third-order valence-corrected chi connectivity index (χ3v) is 9.22. The standard InChI is InChI=1S/C30H31F3IN3O2/c1-3-35-29(39)36-16-14-30(22-8-10-23(31)11-9-22)15-17-37(28(38)27(30)34)19(2)20-4-6-21(7-5-20)25-13-12-24(32)18-26(25)33/h4-13,18-19,27H,3,14-17H2,1-2H3,(H2,35,36,39)/t19-,27?,30?/m0/s1. The van der Waals surface area contributed by atoms with Crippen molar-refractivity contribution in [1.29, 1.82) is 0 Å². The van der Waals surface area contributed by atoms with E-state index in [4.69, 9.17) is 0 Å². The first-order valence-corrected chi connectivity index (χ1v) is 14.2. The van der Waals surface area contributed by atoms with Gasteiger partial charge in [0.15, 0.2) is 0 Å². The van der Waals surface area contributed by atoms with E-state index in [2.05, 4.69) is 33.2 Å². The number of piperidine rings is 1. The maximum Gasteiger partial charge on any atom is 0.314 e. The van der Waals surface area contributed by atoms with E-state index in [1.165, 1.54) is 24.3 Å². The molecule has 3 atom stereocenters. The average molecular weight is 649 g/mol. The summed E-state index contributed by atoms with van der Waals surface area (Å²) in [5.41, 5.74) is 2.11. The van der Waals surface area contributed by atoms with Gasteiger partial charge >= 0.3 is 6.03 Å². The highest BCUT2D eigenvalue weighted by Crippen LogP contribution is 2.45. The Labute approximate surface area is 240 Å². The number of rotatable bonds is 8. The summed E-state index contributed by atoms with van der Waals surface area (Å²) in [5.74, 6) is -1.64. The van der Waals surface area contributed by atoms with E-state index in [0.29, 0.717) is 43.6 Å². The molecule has 1 aliphatic heterocycles. The molecule has 0 bridgehead atoms. The number of carbonyl (C=O) groups is 2. The van der Waals surface area contributed by atoms with Gasteiger partial charge in [-0.2, -0.15) is 0 Å². The van der Waals surface area contributed by atoms with Gasteiger partial charge in [-0.3, -0.25) is 4.79 Å². The number of benzene rings is 3. The Kier molecular flexibility index (Phi) is 9.19. The lowest BCUT2D eigenvalue weighted by atomic mass is 9.69. The normalized spacial score (nSPS) is 20.0. The number of urea groups is 1. The number of amides is 3. The van der Waals surface area contributed by atoms with Crippen LogP contribution in [0.4, 0.5) is 18.0 Å². The zero-order valence-electron chi connectivity index (χ0n) is 21.8. The van der Waals surface area contributed by atoms with Crippen LogP contribution in [0.15, 0.2) is 66.7 Å². The molecule has 1 saturated heterocycles. The molecular weight excluding hydrogens is 618 g/mol. The molecule has 3 aromatic carbocycles. The number of likely N-dealkylation sites (tertiary alicyclic amines) is 1. The van der Waals surface area contributed by atoms with Crippen LogP contribution in [0.25, 0.3) is 11.1 Å². The number of hydrogen-bond donors (Lipinski definition) is 2. The monoisotopic (exact) mass is 649 g/mol. The van der Waals surface area contributed by atoms with Crippen LogP contribution >= 0.6 is 22.6 Å². The van der Waals surface area contributed by atoms with Crippen molar-refractivity contribution in [3.63, 3.8) is 0 Å². The van der Waals surface area contributed by atoms with Crippen LogP contribution in [0.1, 0.15) is 43.9 Å². The van der Waals surface area contributed by atoms with Gasteiger partial charge in [0.25, 0.3) is 0 Å². The van der Waals surface area contributed by atoms with Crippen LogP contribution < -0.4 is 10.6 Å². The Hall–Kier alpha value is -3.08. The second kappa shape index (κ2) is 12.4. The molecule has 2 N–H and O–H groups in total. The minimum absolute atomic E-state index is 0.0367. The quantitative estimate of drug-likeness (QED) is 0.216. The van der Waals surface area contributed by atoms with Gasteiger partial charge in [-0.1, -0.05) is 59.0 Å². The van der Waals surface area contributed by atoms with Crippen LogP contribution in [0.2, 0.25) is 0 Å². The predicted octanol–water partition coefficient (Wildman–Crippen LogP) is 6.52. The second-order valence-electron chi connectivity index (χ2n) is 9.77. The number of carbonyl (C=O) groups excluding carboxylic acids is 2. The third kappa shape index (κ3) is 6.23. The van der Waals surface area contributed by atoms with Crippen LogP contribution in [0, 0.1) is 17.5 Å². The molecule has 1 heterocycles. The summed E-state index contributed by atoms with van der Waals surface area (Å²) in [5, 5.41) is 5.57. The molecule has 0 radical (unpaired) electrons. The topological polar surface area (TPSA) is 61.4 Å². The first-order valence-electron chi connectivity index (χ1n) is 12.9. The lowest BCUT2D eigenvalue weighted by molar-refractivity contribution is -0.137. The molecule has 0 spiro atoms. The van der Waals surface area contributed by atoms with Crippen molar-refractivity contribution in [1.82, 2.24) is 15.5 Å². The van der Waals surface area contributed by atoms with Crippen molar-refractivity contribution in [2.45, 2.75) is 42.1 Å². The summed E-state index contributed by atoms with van der Waals surface area (Å²) in [6.07, 6.45) is 1.16. The Morgan fingerprint density at radius 2 is 1.69 bits per heavy atom. The molecular formula is C30H31F3IN3O2. The van der Waals surface area contributed by atoms with Crippen molar-refractivity contribution in [3.8, 4) is 11.1 Å². The largest absolute Gasteiger partial charge is 0.338 e. The highest BCUT2D eigenvalue weighted by molar-refractivity contribution is 14.1. The molecule has 3 amide bonds. The van der Waals surface area contributed by atoms with Gasteiger partial charge in [0.2, 0.25) is 5.91 Å². The van der Waals surface area contributed by atoms with Crippen LogP contribution in [-0.4, -0.2) is 40.4 Å². The van der Waals surface area contributed by atoms with Gasteiger partial charge in [0.05, 0.1) is 9.97 Å². The fourth-order valence-corrected chi connectivity index (χ4v) is 6.60. The third-order valence-electron chi connectivity index (χ3n) is 7.50. The van der Waals surface area contributed by atoms with Crippen molar-refractivity contribution in [3.05, 3.63) is 95.3 Å². The van der Waals surface area contributed by atoms with Crippen molar-refractivity contribution in [2.75, 3.05) is 19.6 Å². The van der Waals surface area contributed by atoms with Gasteiger partial charge < -0.3 is 15.5 Å². The number of hydrogen-bond acceptors (Lipinski definition) is 2. The summed E-state index contributed by atoms with van der Waals surface area (Å²) >= 11 is 2.19. The molecule has 3 aromatic rings. The van der Waals surface area contributed by atoms with E-state index >= 15 is 0 Å². The fraction of sp³-hybridized carbons (Fsp3) is 0.333. The zero-order valence-corrected chi connectivity index (χ0v) is 24.0. The Bertz CT molecular complexity index is 1320. The van der Waals surface area contributed by atoms with Crippen molar-refractivity contribution < 1.29 is 22.8 Å². The molecule has 0 aliphatic carbocycles. The maximum atomic E-state index is 14.2. The van der Waals surface area contributed by atoms with E-state index in [0.717, 1.165) is 17.2 Å². The molecule has 2 unspecified atom stereocenters. The van der Waals surface area contributed by atoms with E-state index < -0.39 is 21.0 Å². The summed E-state index contributed by atoms with van der Waals surface area (Å²) < 4.78 is 40.9. The molecule has 0 saturated carbocycles. The highest BCUT2D eigenvalue weighted by atomic mass is 127. The van der Waals surface area contributed by atoms with Crippen LogP contribution in [0.3, 0.4) is 0 Å². The van der Waals surface area contributed by atoms with E-state index in [-0.39, 0.29) is 23.8 Å². The van der Waals surface area contributed by atoms with E-state index in [1.807, 2.05) is 30.9 Å². The molecule has 4 rings (SSSR count). The van der Waals surface area contributed by atoms with Crippen LogP contribution in [0.5, 0.6) is 0 Å². The number of alkyl halides is 1. The first-order chi connectivity index (χ1) is 18.7. The summed E-state index contributed by atoms with van der Waals surface area (Å²) in [6.45, 7) is 5.15. The van der Waals surface area contributed by atoms with Crippen molar-refractivity contribution >= 4 is 34.5 Å². The van der Waals surface area contributed by atoms with Gasteiger partial charge in [0.1, 0.15) is 17.5 Å². The zero-order chi connectivity index (χ0) is 28.2. The summed E-state index contributed by atoms with van der Waals surface area (Å²) in [6, 6.07) is 16.5. The Balaban J connectivity index is 1.54. The molecule has 1 aliphatic rings. The molecule has 9 heteroatoms. The lowest BCUT2D eigenvalue weighted by Crippen LogP contribution is -2.56. The average Bonchev–Trinajstić information content (AvgIpc) is 2.92. The minimum atomic E-state index is -0.631. The predicted molar refractivity (Wildman–Crippen MR) is 154 cm³/mol. The van der Waals surface area contributed by atoms with Gasteiger partial charge in [-0.05, 0) is 67.6 Å². The number of halogens is 4. The van der Waals surface area contributed by atoms with Gasteiger partial charge in [0, 0.05) is 36.7 Å². The lowest BCUT2D eigenvalue weighted by Gasteiger charge is -2.47. The first kappa shape index (κ1) is 28.9. The number of nitrogens with one attached hydrogen (secondary N) is 2. The van der Waals surface area contributed by atoms with Gasteiger partial charge in [-0.25, -0.2) is 18.0 Å². The van der Waals surface area contributed by atoms with E-state index in [1.54, 1.807) is 24.3 Å². The molecule has 39 heavy (non-hydrogen) atoms. The van der Waals surface area contributed by atoms with Gasteiger partial charge in [-0.15, -0.1) is 0 Å². The molecule has 0 aromatic heterocycles. The Morgan fingerprint density at radius 1 is 1.03 bits per heavy atom. The Morgan fingerprint density at radius 3 is 2.33 bits per heavy atom. The van der Waals surface area contributed by atoms with Crippen LogP contribution in [-0.2, 0) is 10.2 Å². The SMILES string of the molecule is CCNC(=O)NCCC1(c2ccc(F)cc2)CCN([C@@H](C)c2ccc(-c3ccc(F)cc3F)cc2)C(=O)C1I. The molecule has 206 valence electrons. The van der Waals surface area contributed by atoms with E-state index in [9.17, 15) is 22.8 Å². The smallest absolute Gasteiger partial charge is 0.314 e. The number of nitrogens with zero attached hydrogens (tertiary/aromatic N) is 1. The highest BCUT2D eigenvalue weighted by Gasteiger charge is 2.48. The maximum absolute atomic E-state index is 14.2. The second-order valence-corrected chi connectivity index (χ2v) is 11.0. The summed E-state index contributed by atoms with van der Waals surface area (Å²) in [4.78, 5) is 27.6. The molecule has 1 fully saturated rings.